The summed E-state index contributed by atoms with van der Waals surface area (Å²) in [5.74, 6) is -0.281. The number of primary amides is 1. The number of carbonyl (C=O) groups is 1. The Morgan fingerprint density at radius 3 is 3.00 bits per heavy atom. The maximum Gasteiger partial charge on any atom is 0.234 e. The van der Waals surface area contributed by atoms with Crippen molar-refractivity contribution < 1.29 is 4.79 Å². The second-order valence-corrected chi connectivity index (χ2v) is 2.98. The lowest BCUT2D eigenvalue weighted by atomic mass is 10.2. The zero-order valence-corrected chi connectivity index (χ0v) is 6.76. The van der Waals surface area contributed by atoms with E-state index in [-0.39, 0.29) is 11.9 Å². The van der Waals surface area contributed by atoms with Crippen LogP contribution in [0.15, 0.2) is 0 Å². The van der Waals surface area contributed by atoms with Crippen LogP contribution in [-0.4, -0.2) is 31.1 Å². The van der Waals surface area contributed by atoms with Crippen molar-refractivity contribution in [1.29, 1.82) is 0 Å². The summed E-state index contributed by atoms with van der Waals surface area (Å²) in [4.78, 5) is 10.6. The Balaban J connectivity index is 2.23. The molecule has 0 aromatic carbocycles. The molecule has 1 fully saturated rings. The molecule has 0 aliphatic carbocycles. The molecular weight excluding hydrogens is 142 g/mol. The molecule has 0 saturated carbocycles. The van der Waals surface area contributed by atoms with Gasteiger partial charge in [-0.25, -0.2) is 0 Å². The van der Waals surface area contributed by atoms with Crippen molar-refractivity contribution in [3.8, 4) is 0 Å². The maximum atomic E-state index is 10.6. The molecule has 1 saturated heterocycles. The standard InChI is InChI=1S/C7H15N3O/c1-5(7(8)11)10-6-2-3-9-4-6/h5-6,9-10H,2-4H2,1H3,(H2,8,11)/t5-,6?/m0/s1. The molecule has 0 bridgehead atoms. The van der Waals surface area contributed by atoms with E-state index in [0.29, 0.717) is 6.04 Å². The summed E-state index contributed by atoms with van der Waals surface area (Å²) in [6.07, 6.45) is 1.08. The average Bonchev–Trinajstić information content (AvgIpc) is 2.39. The Morgan fingerprint density at radius 2 is 2.55 bits per heavy atom. The van der Waals surface area contributed by atoms with E-state index in [2.05, 4.69) is 10.6 Å². The van der Waals surface area contributed by atoms with Gasteiger partial charge < -0.3 is 16.4 Å². The van der Waals surface area contributed by atoms with Gasteiger partial charge in [0.1, 0.15) is 0 Å². The molecule has 0 radical (unpaired) electrons. The van der Waals surface area contributed by atoms with Crippen LogP contribution in [0.4, 0.5) is 0 Å². The van der Waals surface area contributed by atoms with Crippen LogP contribution in [0.5, 0.6) is 0 Å². The van der Waals surface area contributed by atoms with Crippen LogP contribution >= 0.6 is 0 Å². The fourth-order valence-corrected chi connectivity index (χ4v) is 1.23. The van der Waals surface area contributed by atoms with Gasteiger partial charge in [-0.2, -0.15) is 0 Å². The van der Waals surface area contributed by atoms with E-state index in [4.69, 9.17) is 5.73 Å². The molecule has 0 aromatic rings. The second-order valence-electron chi connectivity index (χ2n) is 2.98. The predicted octanol–water partition coefficient (Wildman–Crippen LogP) is -1.19. The minimum atomic E-state index is -0.281. The first-order valence-electron chi connectivity index (χ1n) is 3.96. The Bertz CT molecular complexity index is 143. The summed E-state index contributed by atoms with van der Waals surface area (Å²) >= 11 is 0. The number of nitrogens with one attached hydrogen (secondary N) is 2. The van der Waals surface area contributed by atoms with Gasteiger partial charge in [0.25, 0.3) is 0 Å². The molecule has 64 valence electrons. The van der Waals surface area contributed by atoms with Crippen molar-refractivity contribution in [2.24, 2.45) is 5.73 Å². The van der Waals surface area contributed by atoms with E-state index >= 15 is 0 Å². The number of rotatable bonds is 3. The summed E-state index contributed by atoms with van der Waals surface area (Å²) in [6, 6.07) is 0.206. The molecule has 1 aliphatic heterocycles. The first-order valence-corrected chi connectivity index (χ1v) is 3.96. The third-order valence-electron chi connectivity index (χ3n) is 1.97. The van der Waals surface area contributed by atoms with Crippen molar-refractivity contribution in [1.82, 2.24) is 10.6 Å². The van der Waals surface area contributed by atoms with Crippen LogP contribution < -0.4 is 16.4 Å². The fourth-order valence-electron chi connectivity index (χ4n) is 1.23. The molecule has 11 heavy (non-hydrogen) atoms. The highest BCUT2D eigenvalue weighted by Gasteiger charge is 2.18. The normalized spacial score (nSPS) is 26.8. The second kappa shape index (κ2) is 3.69. The maximum absolute atomic E-state index is 10.6. The molecule has 1 heterocycles. The van der Waals surface area contributed by atoms with Crippen molar-refractivity contribution in [3.63, 3.8) is 0 Å². The van der Waals surface area contributed by atoms with Crippen molar-refractivity contribution >= 4 is 5.91 Å². The number of hydrogen-bond donors (Lipinski definition) is 3. The van der Waals surface area contributed by atoms with E-state index in [1.165, 1.54) is 0 Å². The van der Waals surface area contributed by atoms with E-state index < -0.39 is 0 Å². The first-order chi connectivity index (χ1) is 5.20. The molecule has 4 N–H and O–H groups in total. The highest BCUT2D eigenvalue weighted by molar-refractivity contribution is 5.79. The molecule has 2 atom stereocenters. The van der Waals surface area contributed by atoms with Gasteiger partial charge >= 0.3 is 0 Å². The lowest BCUT2D eigenvalue weighted by Crippen LogP contribution is -2.45. The summed E-state index contributed by atoms with van der Waals surface area (Å²) in [7, 11) is 0. The predicted molar refractivity (Wildman–Crippen MR) is 43.1 cm³/mol. The Kier molecular flexibility index (Phi) is 2.84. The fraction of sp³-hybridized carbons (Fsp3) is 0.857. The van der Waals surface area contributed by atoms with Crippen LogP contribution in [0.25, 0.3) is 0 Å². The van der Waals surface area contributed by atoms with E-state index in [1.54, 1.807) is 6.92 Å². The van der Waals surface area contributed by atoms with Gasteiger partial charge in [-0.3, -0.25) is 4.79 Å². The molecule has 4 nitrogen and oxygen atoms in total. The minimum Gasteiger partial charge on any atom is -0.368 e. The van der Waals surface area contributed by atoms with Crippen LogP contribution in [0.1, 0.15) is 13.3 Å². The number of hydrogen-bond acceptors (Lipinski definition) is 3. The summed E-state index contributed by atoms with van der Waals surface area (Å²) in [6.45, 7) is 3.77. The molecule has 4 heteroatoms. The monoisotopic (exact) mass is 157 g/mol. The van der Waals surface area contributed by atoms with Crippen molar-refractivity contribution in [2.45, 2.75) is 25.4 Å². The Morgan fingerprint density at radius 1 is 1.82 bits per heavy atom. The SMILES string of the molecule is C[C@H](NC1CCNC1)C(N)=O. The zero-order chi connectivity index (χ0) is 8.27. The van der Waals surface area contributed by atoms with Crippen molar-refractivity contribution in [2.75, 3.05) is 13.1 Å². The molecule has 0 aromatic heterocycles. The lowest BCUT2D eigenvalue weighted by Gasteiger charge is -2.15. The topological polar surface area (TPSA) is 67.2 Å². The molecule has 0 spiro atoms. The zero-order valence-electron chi connectivity index (χ0n) is 6.76. The largest absolute Gasteiger partial charge is 0.368 e. The van der Waals surface area contributed by atoms with Gasteiger partial charge in [0.15, 0.2) is 0 Å². The van der Waals surface area contributed by atoms with Gasteiger partial charge in [-0.15, -0.1) is 0 Å². The number of carbonyl (C=O) groups excluding carboxylic acids is 1. The summed E-state index contributed by atoms with van der Waals surface area (Å²) < 4.78 is 0. The van der Waals surface area contributed by atoms with Crippen LogP contribution in [0.2, 0.25) is 0 Å². The molecule has 1 rings (SSSR count). The Labute approximate surface area is 66.5 Å². The van der Waals surface area contributed by atoms with E-state index in [1.807, 2.05) is 0 Å². The highest BCUT2D eigenvalue weighted by atomic mass is 16.1. The minimum absolute atomic E-state index is 0.208. The average molecular weight is 157 g/mol. The quantitative estimate of drug-likeness (QED) is 0.482. The third kappa shape index (κ3) is 2.48. The number of amides is 1. The van der Waals surface area contributed by atoms with Gasteiger partial charge in [0.05, 0.1) is 6.04 Å². The molecular formula is C7H15N3O. The Hall–Kier alpha value is -0.610. The van der Waals surface area contributed by atoms with Gasteiger partial charge in [0, 0.05) is 12.6 Å². The van der Waals surface area contributed by atoms with Crippen molar-refractivity contribution in [3.05, 3.63) is 0 Å². The van der Waals surface area contributed by atoms with Gasteiger partial charge in [-0.1, -0.05) is 0 Å². The lowest BCUT2D eigenvalue weighted by molar-refractivity contribution is -0.119. The van der Waals surface area contributed by atoms with Crippen LogP contribution in [-0.2, 0) is 4.79 Å². The number of nitrogens with two attached hydrogens (primary N) is 1. The first kappa shape index (κ1) is 8.49. The van der Waals surface area contributed by atoms with Gasteiger partial charge in [0.2, 0.25) is 5.91 Å². The third-order valence-corrected chi connectivity index (χ3v) is 1.97. The molecule has 1 unspecified atom stereocenters. The van der Waals surface area contributed by atoms with Gasteiger partial charge in [-0.05, 0) is 19.9 Å². The van der Waals surface area contributed by atoms with E-state index in [0.717, 1.165) is 19.5 Å². The molecule has 1 amide bonds. The highest BCUT2D eigenvalue weighted by Crippen LogP contribution is 1.97. The summed E-state index contributed by atoms with van der Waals surface area (Å²) in [5.41, 5.74) is 5.09. The molecule has 1 aliphatic rings. The summed E-state index contributed by atoms with van der Waals surface area (Å²) in [5, 5.41) is 6.34. The smallest absolute Gasteiger partial charge is 0.234 e. The van der Waals surface area contributed by atoms with Crippen LogP contribution in [0, 0.1) is 0 Å². The van der Waals surface area contributed by atoms with Crippen LogP contribution in [0.3, 0.4) is 0 Å². The van der Waals surface area contributed by atoms with E-state index in [9.17, 15) is 4.79 Å².